The zero-order valence-corrected chi connectivity index (χ0v) is 13.4. The van der Waals surface area contributed by atoms with Crippen molar-refractivity contribution >= 4 is 33.7 Å². The summed E-state index contributed by atoms with van der Waals surface area (Å²) in [6.07, 6.45) is 6.39. The number of rotatable bonds is 4. The topological polar surface area (TPSA) is 40.5 Å². The second kappa shape index (κ2) is 6.44. The molecule has 1 aromatic carbocycles. The molecule has 1 aliphatic rings. The Kier molecular flexibility index (Phi) is 4.86. The number of carboxylic acid groups (broad SMARTS) is 1. The van der Waals surface area contributed by atoms with Crippen molar-refractivity contribution in [1.29, 1.82) is 0 Å². The maximum atomic E-state index is 10.8. The van der Waals surface area contributed by atoms with Gasteiger partial charge in [0.1, 0.15) is 0 Å². The molecule has 1 heterocycles. The standard InChI is InChI=1S/C16H20BrNO2/c1-3-14-7-4-11(2)18(14)15-8-6-13(17)10-12(15)5-9-16(19)20/h5-6,8-11,14H,3-4,7H2,1-2H3,(H,19,20)/b9-5+. The van der Waals surface area contributed by atoms with Crippen LogP contribution in [0, 0.1) is 0 Å². The number of carbonyl (C=O) groups is 1. The summed E-state index contributed by atoms with van der Waals surface area (Å²) in [6.45, 7) is 4.45. The van der Waals surface area contributed by atoms with Crippen LogP contribution in [0.2, 0.25) is 0 Å². The minimum atomic E-state index is -0.919. The van der Waals surface area contributed by atoms with Crippen molar-refractivity contribution in [3.05, 3.63) is 34.3 Å². The fourth-order valence-corrected chi connectivity index (χ4v) is 3.34. The van der Waals surface area contributed by atoms with Gasteiger partial charge in [0.05, 0.1) is 0 Å². The van der Waals surface area contributed by atoms with Gasteiger partial charge in [0, 0.05) is 28.3 Å². The Morgan fingerprint density at radius 1 is 1.50 bits per heavy atom. The van der Waals surface area contributed by atoms with Crippen LogP contribution >= 0.6 is 15.9 Å². The molecule has 20 heavy (non-hydrogen) atoms. The van der Waals surface area contributed by atoms with Crippen molar-refractivity contribution in [1.82, 2.24) is 0 Å². The highest BCUT2D eigenvalue weighted by atomic mass is 79.9. The number of nitrogens with zero attached hydrogens (tertiary/aromatic N) is 1. The van der Waals surface area contributed by atoms with Crippen LogP contribution < -0.4 is 4.90 Å². The third-order valence-corrected chi connectivity index (χ3v) is 4.42. The van der Waals surface area contributed by atoms with E-state index < -0.39 is 5.97 Å². The predicted molar refractivity (Wildman–Crippen MR) is 86.1 cm³/mol. The van der Waals surface area contributed by atoms with E-state index >= 15 is 0 Å². The lowest BCUT2D eigenvalue weighted by Crippen LogP contribution is -2.34. The zero-order chi connectivity index (χ0) is 14.7. The van der Waals surface area contributed by atoms with Crippen LogP contribution in [-0.2, 0) is 4.79 Å². The largest absolute Gasteiger partial charge is 0.478 e. The van der Waals surface area contributed by atoms with Crippen LogP contribution in [0.3, 0.4) is 0 Å². The van der Waals surface area contributed by atoms with Gasteiger partial charge in [0.25, 0.3) is 0 Å². The Bertz CT molecular complexity index is 527. The molecule has 2 rings (SSSR count). The summed E-state index contributed by atoms with van der Waals surface area (Å²) in [5.41, 5.74) is 2.08. The number of benzene rings is 1. The second-order valence-electron chi connectivity index (χ2n) is 5.27. The van der Waals surface area contributed by atoms with Crippen molar-refractivity contribution in [3.63, 3.8) is 0 Å². The summed E-state index contributed by atoms with van der Waals surface area (Å²) in [5, 5.41) is 8.84. The van der Waals surface area contributed by atoms with Crippen LogP contribution in [0.25, 0.3) is 6.08 Å². The van der Waals surface area contributed by atoms with Gasteiger partial charge in [-0.15, -0.1) is 0 Å². The Labute approximate surface area is 128 Å². The molecule has 0 radical (unpaired) electrons. The molecular weight excluding hydrogens is 318 g/mol. The average molecular weight is 338 g/mol. The number of hydrogen-bond donors (Lipinski definition) is 1. The molecule has 3 nitrogen and oxygen atoms in total. The lowest BCUT2D eigenvalue weighted by atomic mass is 10.1. The predicted octanol–water partition coefficient (Wildman–Crippen LogP) is 4.31. The van der Waals surface area contributed by atoms with Crippen molar-refractivity contribution in [2.24, 2.45) is 0 Å². The summed E-state index contributed by atoms with van der Waals surface area (Å²) >= 11 is 3.46. The fraction of sp³-hybridized carbons (Fsp3) is 0.438. The van der Waals surface area contributed by atoms with Gasteiger partial charge < -0.3 is 10.0 Å². The first-order valence-corrected chi connectivity index (χ1v) is 7.81. The Hall–Kier alpha value is -1.29. The molecule has 0 saturated carbocycles. The van der Waals surface area contributed by atoms with Crippen LogP contribution in [0.1, 0.15) is 38.7 Å². The highest BCUT2D eigenvalue weighted by molar-refractivity contribution is 9.10. The highest BCUT2D eigenvalue weighted by Crippen LogP contribution is 2.35. The summed E-state index contributed by atoms with van der Waals surface area (Å²) in [6, 6.07) is 7.12. The van der Waals surface area contributed by atoms with Crippen LogP contribution in [-0.4, -0.2) is 23.2 Å². The van der Waals surface area contributed by atoms with Gasteiger partial charge in [-0.05, 0) is 56.0 Å². The summed E-state index contributed by atoms with van der Waals surface area (Å²) in [7, 11) is 0. The highest BCUT2D eigenvalue weighted by Gasteiger charge is 2.30. The molecular formula is C16H20BrNO2. The molecule has 0 bridgehead atoms. The normalized spacial score (nSPS) is 22.6. The van der Waals surface area contributed by atoms with Gasteiger partial charge in [-0.25, -0.2) is 4.79 Å². The fourth-order valence-electron chi connectivity index (χ4n) is 2.96. The monoisotopic (exact) mass is 337 g/mol. The van der Waals surface area contributed by atoms with E-state index in [0.717, 1.165) is 22.1 Å². The summed E-state index contributed by atoms with van der Waals surface area (Å²) < 4.78 is 0.964. The van der Waals surface area contributed by atoms with E-state index in [1.54, 1.807) is 6.08 Å². The van der Waals surface area contributed by atoms with Gasteiger partial charge in [0.2, 0.25) is 0 Å². The number of aliphatic carboxylic acids is 1. The smallest absolute Gasteiger partial charge is 0.328 e. The van der Waals surface area contributed by atoms with Gasteiger partial charge in [-0.2, -0.15) is 0 Å². The number of hydrogen-bond acceptors (Lipinski definition) is 2. The van der Waals surface area contributed by atoms with Crippen molar-refractivity contribution in [2.45, 2.75) is 45.2 Å². The molecule has 1 N–H and O–H groups in total. The van der Waals surface area contributed by atoms with Gasteiger partial charge in [-0.3, -0.25) is 0 Å². The summed E-state index contributed by atoms with van der Waals surface area (Å²) in [5.74, 6) is -0.919. The number of halogens is 1. The van der Waals surface area contributed by atoms with Crippen LogP contribution in [0.4, 0.5) is 5.69 Å². The van der Waals surface area contributed by atoms with Crippen molar-refractivity contribution < 1.29 is 9.90 Å². The molecule has 0 spiro atoms. The zero-order valence-electron chi connectivity index (χ0n) is 11.8. The Balaban J connectivity index is 2.42. The van der Waals surface area contributed by atoms with Crippen LogP contribution in [0.5, 0.6) is 0 Å². The Morgan fingerprint density at radius 2 is 2.25 bits per heavy atom. The van der Waals surface area contributed by atoms with Gasteiger partial charge in [-0.1, -0.05) is 22.9 Å². The van der Waals surface area contributed by atoms with Crippen molar-refractivity contribution in [2.75, 3.05) is 4.90 Å². The van der Waals surface area contributed by atoms with E-state index in [0.29, 0.717) is 12.1 Å². The van der Waals surface area contributed by atoms with Gasteiger partial charge in [0.15, 0.2) is 0 Å². The molecule has 1 aliphatic heterocycles. The maximum absolute atomic E-state index is 10.8. The third-order valence-electron chi connectivity index (χ3n) is 3.93. The molecule has 2 unspecified atom stereocenters. The van der Waals surface area contributed by atoms with E-state index in [9.17, 15) is 4.79 Å². The molecule has 0 aliphatic carbocycles. The Morgan fingerprint density at radius 3 is 2.90 bits per heavy atom. The number of anilines is 1. The van der Waals surface area contributed by atoms with Gasteiger partial charge >= 0.3 is 5.97 Å². The van der Waals surface area contributed by atoms with E-state index in [1.807, 2.05) is 12.1 Å². The molecule has 108 valence electrons. The molecule has 1 saturated heterocycles. The lowest BCUT2D eigenvalue weighted by Gasteiger charge is -2.32. The molecule has 0 aromatic heterocycles. The van der Waals surface area contributed by atoms with E-state index in [4.69, 9.17) is 5.11 Å². The second-order valence-corrected chi connectivity index (χ2v) is 6.19. The maximum Gasteiger partial charge on any atom is 0.328 e. The molecule has 4 heteroatoms. The molecule has 2 atom stereocenters. The minimum Gasteiger partial charge on any atom is -0.478 e. The SMILES string of the molecule is CCC1CCC(C)N1c1ccc(Br)cc1/C=C/C(=O)O. The first kappa shape index (κ1) is 15.1. The van der Waals surface area contributed by atoms with Crippen LogP contribution in [0.15, 0.2) is 28.7 Å². The average Bonchev–Trinajstić information content (AvgIpc) is 2.77. The van der Waals surface area contributed by atoms with Crippen molar-refractivity contribution in [3.8, 4) is 0 Å². The number of carboxylic acids is 1. The first-order chi connectivity index (χ1) is 9.52. The van der Waals surface area contributed by atoms with E-state index in [2.05, 4.69) is 40.7 Å². The minimum absolute atomic E-state index is 0.498. The summed E-state index contributed by atoms with van der Waals surface area (Å²) in [4.78, 5) is 13.2. The van der Waals surface area contributed by atoms with E-state index in [-0.39, 0.29) is 0 Å². The first-order valence-electron chi connectivity index (χ1n) is 7.01. The van der Waals surface area contributed by atoms with E-state index in [1.165, 1.54) is 18.9 Å². The molecule has 0 amide bonds. The molecule has 1 fully saturated rings. The quantitative estimate of drug-likeness (QED) is 0.832. The lowest BCUT2D eigenvalue weighted by molar-refractivity contribution is -0.131. The molecule has 1 aromatic rings. The third kappa shape index (κ3) is 3.23.